The van der Waals surface area contributed by atoms with Crippen LogP contribution < -0.4 is 10.5 Å². The van der Waals surface area contributed by atoms with Crippen LogP contribution in [0.2, 0.25) is 0 Å². The Bertz CT molecular complexity index is 554. The second-order valence-electron chi connectivity index (χ2n) is 6.67. The van der Waals surface area contributed by atoms with Gasteiger partial charge in [0.1, 0.15) is 5.75 Å². The fourth-order valence-corrected chi connectivity index (χ4v) is 3.50. The van der Waals surface area contributed by atoms with Crippen molar-refractivity contribution in [3.05, 3.63) is 23.8 Å². The van der Waals surface area contributed by atoms with Crippen LogP contribution in [0.1, 0.15) is 43.5 Å². The van der Waals surface area contributed by atoms with E-state index < -0.39 is 0 Å². The first-order valence-corrected chi connectivity index (χ1v) is 8.94. The minimum atomic E-state index is -0.101. The first-order chi connectivity index (χ1) is 11.5. The van der Waals surface area contributed by atoms with Crippen molar-refractivity contribution in [1.29, 1.82) is 0 Å². The number of ketones is 1. The number of ether oxygens (including phenoxy) is 1. The summed E-state index contributed by atoms with van der Waals surface area (Å²) in [6.07, 6.45) is 3.03. The van der Waals surface area contributed by atoms with E-state index in [4.69, 9.17) is 10.5 Å². The number of Topliss-reactive ketones (excluding diaryl/α,β-unsaturated/α-hetero) is 1. The van der Waals surface area contributed by atoms with Crippen LogP contribution in [0, 0.1) is 0 Å². The van der Waals surface area contributed by atoms with E-state index in [1.54, 1.807) is 12.1 Å². The predicted octanol–water partition coefficient (Wildman–Crippen LogP) is 2.65. The Kier molecular flexibility index (Phi) is 6.63. The lowest BCUT2D eigenvalue weighted by Gasteiger charge is -2.38. The van der Waals surface area contributed by atoms with Gasteiger partial charge in [-0.25, -0.2) is 0 Å². The van der Waals surface area contributed by atoms with Gasteiger partial charge in [-0.3, -0.25) is 9.69 Å². The Hall–Kier alpha value is -1.59. The average Bonchev–Trinajstić information content (AvgIpc) is 2.58. The van der Waals surface area contributed by atoms with Crippen molar-refractivity contribution in [3.8, 4) is 5.75 Å². The minimum absolute atomic E-state index is 0.101. The normalized spacial score (nSPS) is 17.9. The molecule has 1 unspecified atom stereocenters. The van der Waals surface area contributed by atoms with Crippen LogP contribution in [-0.4, -0.2) is 61.5 Å². The number of rotatable bonds is 7. The summed E-state index contributed by atoms with van der Waals surface area (Å²) in [4.78, 5) is 17.6. The number of nitrogen functional groups attached to an aromatic ring is 1. The molecule has 1 saturated heterocycles. The zero-order valence-corrected chi connectivity index (χ0v) is 15.4. The van der Waals surface area contributed by atoms with Crippen LogP contribution in [-0.2, 0) is 0 Å². The summed E-state index contributed by atoms with van der Waals surface area (Å²) in [6.45, 7) is 6.74. The fraction of sp³-hybridized carbons (Fsp3) is 0.632. The average molecular weight is 333 g/mol. The maximum Gasteiger partial charge on any atom is 0.180 e. The number of nitrogens with two attached hydrogens (primary N) is 1. The van der Waals surface area contributed by atoms with E-state index in [1.807, 2.05) is 13.0 Å². The number of hydrogen-bond donors (Lipinski definition) is 1. The lowest BCUT2D eigenvalue weighted by Crippen LogP contribution is -2.48. The maximum atomic E-state index is 13.0. The van der Waals surface area contributed by atoms with E-state index in [1.165, 1.54) is 0 Å². The molecule has 1 heterocycles. The molecule has 0 spiro atoms. The van der Waals surface area contributed by atoms with E-state index in [2.05, 4.69) is 30.8 Å². The monoisotopic (exact) mass is 333 g/mol. The summed E-state index contributed by atoms with van der Waals surface area (Å²) in [6, 6.07) is 5.74. The van der Waals surface area contributed by atoms with Crippen molar-refractivity contribution in [3.63, 3.8) is 0 Å². The third-order valence-electron chi connectivity index (χ3n) is 5.04. The van der Waals surface area contributed by atoms with Crippen LogP contribution in [0.4, 0.5) is 5.69 Å². The summed E-state index contributed by atoms with van der Waals surface area (Å²) in [5.41, 5.74) is 7.22. The number of carbonyl (C=O) groups excluding carboxylic acids is 1. The number of hydrogen-bond acceptors (Lipinski definition) is 5. The predicted molar refractivity (Wildman–Crippen MR) is 98.7 cm³/mol. The van der Waals surface area contributed by atoms with Gasteiger partial charge >= 0.3 is 0 Å². The summed E-state index contributed by atoms with van der Waals surface area (Å²) in [5, 5.41) is 0. The summed E-state index contributed by atoms with van der Waals surface area (Å²) in [7, 11) is 4.24. The highest BCUT2D eigenvalue weighted by atomic mass is 16.5. The van der Waals surface area contributed by atoms with E-state index in [-0.39, 0.29) is 11.8 Å². The zero-order chi connectivity index (χ0) is 17.7. The minimum Gasteiger partial charge on any atom is -0.492 e. The number of likely N-dealkylation sites (tertiary alicyclic amines) is 1. The Balaban J connectivity index is 2.11. The van der Waals surface area contributed by atoms with Gasteiger partial charge in [0, 0.05) is 11.6 Å². The first kappa shape index (κ1) is 18.7. The lowest BCUT2D eigenvalue weighted by molar-refractivity contribution is 0.0691. The molecular formula is C19H31N3O2. The van der Waals surface area contributed by atoms with Crippen LogP contribution in [0.3, 0.4) is 0 Å². The molecule has 0 radical (unpaired) electrons. The molecule has 1 fully saturated rings. The second-order valence-corrected chi connectivity index (χ2v) is 6.67. The van der Waals surface area contributed by atoms with Gasteiger partial charge in [-0.1, -0.05) is 6.92 Å². The van der Waals surface area contributed by atoms with Gasteiger partial charge in [0.05, 0.1) is 18.3 Å². The number of piperidine rings is 1. The summed E-state index contributed by atoms with van der Waals surface area (Å²) >= 11 is 0. The Labute approximate surface area is 145 Å². The highest BCUT2D eigenvalue weighted by Crippen LogP contribution is 2.25. The number of nitrogens with zero attached hydrogens (tertiary/aromatic N) is 2. The zero-order valence-electron chi connectivity index (χ0n) is 15.4. The molecule has 0 aliphatic carbocycles. The molecule has 1 atom stereocenters. The lowest BCUT2D eigenvalue weighted by atomic mass is 9.96. The van der Waals surface area contributed by atoms with Gasteiger partial charge in [0.2, 0.25) is 0 Å². The standard InChI is InChI=1S/C19H31N3O2/c1-5-17(22(4)15-9-11-21(3)12-10-15)19(23)14-7-8-18(24-6-2)16(20)13-14/h7-8,13,15,17H,5-6,9-12,20H2,1-4H3. The van der Waals surface area contributed by atoms with Gasteiger partial charge in [0.25, 0.3) is 0 Å². The number of benzene rings is 1. The third-order valence-corrected chi connectivity index (χ3v) is 5.04. The van der Waals surface area contributed by atoms with Gasteiger partial charge in [-0.05, 0) is 71.6 Å². The van der Waals surface area contributed by atoms with Crippen molar-refractivity contribution in [1.82, 2.24) is 9.80 Å². The molecule has 0 aromatic heterocycles. The van der Waals surface area contributed by atoms with Crippen LogP contribution in [0.5, 0.6) is 5.75 Å². The molecule has 5 heteroatoms. The summed E-state index contributed by atoms with van der Waals surface area (Å²) < 4.78 is 5.46. The van der Waals surface area contributed by atoms with Crippen LogP contribution in [0.25, 0.3) is 0 Å². The molecule has 5 nitrogen and oxygen atoms in total. The first-order valence-electron chi connectivity index (χ1n) is 8.94. The van der Waals surface area contributed by atoms with Crippen LogP contribution >= 0.6 is 0 Å². The van der Waals surface area contributed by atoms with Crippen molar-refractivity contribution >= 4 is 11.5 Å². The second kappa shape index (κ2) is 8.49. The van der Waals surface area contributed by atoms with E-state index in [0.717, 1.165) is 32.4 Å². The molecule has 0 bridgehead atoms. The van der Waals surface area contributed by atoms with Crippen LogP contribution in [0.15, 0.2) is 18.2 Å². The molecule has 1 aliphatic heterocycles. The molecule has 0 amide bonds. The van der Waals surface area contributed by atoms with E-state index >= 15 is 0 Å². The summed E-state index contributed by atoms with van der Waals surface area (Å²) in [5.74, 6) is 0.791. The number of likely N-dealkylation sites (N-methyl/N-ethyl adjacent to an activating group) is 1. The van der Waals surface area contributed by atoms with Gasteiger partial charge in [0.15, 0.2) is 5.78 Å². The Morgan fingerprint density at radius 3 is 2.58 bits per heavy atom. The molecule has 0 saturated carbocycles. The van der Waals surface area contributed by atoms with Crippen molar-refractivity contribution in [2.45, 2.75) is 45.2 Å². The van der Waals surface area contributed by atoms with Gasteiger partial charge in [-0.2, -0.15) is 0 Å². The highest BCUT2D eigenvalue weighted by Gasteiger charge is 2.30. The molecule has 1 aliphatic rings. The fourth-order valence-electron chi connectivity index (χ4n) is 3.50. The largest absolute Gasteiger partial charge is 0.492 e. The maximum absolute atomic E-state index is 13.0. The van der Waals surface area contributed by atoms with Gasteiger partial charge < -0.3 is 15.4 Å². The Morgan fingerprint density at radius 1 is 1.38 bits per heavy atom. The van der Waals surface area contributed by atoms with Crippen molar-refractivity contribution in [2.75, 3.05) is 39.5 Å². The molecule has 2 N–H and O–H groups in total. The van der Waals surface area contributed by atoms with E-state index in [9.17, 15) is 4.79 Å². The SMILES string of the molecule is CCOc1ccc(C(=O)C(CC)N(C)C2CCN(C)CC2)cc1N. The highest BCUT2D eigenvalue weighted by molar-refractivity contribution is 6.01. The molecular weight excluding hydrogens is 302 g/mol. The van der Waals surface area contributed by atoms with Crippen molar-refractivity contribution in [2.24, 2.45) is 0 Å². The topological polar surface area (TPSA) is 58.8 Å². The number of anilines is 1. The third kappa shape index (κ3) is 4.28. The van der Waals surface area contributed by atoms with Gasteiger partial charge in [-0.15, -0.1) is 0 Å². The Morgan fingerprint density at radius 2 is 2.04 bits per heavy atom. The smallest absolute Gasteiger partial charge is 0.180 e. The molecule has 134 valence electrons. The molecule has 1 aromatic carbocycles. The van der Waals surface area contributed by atoms with E-state index in [0.29, 0.717) is 29.6 Å². The number of carbonyl (C=O) groups is 1. The molecule has 24 heavy (non-hydrogen) atoms. The molecule has 1 aromatic rings. The molecule has 2 rings (SSSR count). The van der Waals surface area contributed by atoms with Crippen molar-refractivity contribution < 1.29 is 9.53 Å². The quantitative estimate of drug-likeness (QED) is 0.614.